The van der Waals surface area contributed by atoms with Crippen molar-refractivity contribution in [1.29, 1.82) is 0 Å². The minimum Gasteiger partial charge on any atom is -0.507 e. The van der Waals surface area contributed by atoms with Crippen molar-refractivity contribution in [1.82, 2.24) is 0 Å². The van der Waals surface area contributed by atoms with Crippen LogP contribution in [0.3, 0.4) is 0 Å². The van der Waals surface area contributed by atoms with Crippen LogP contribution < -0.4 is 9.47 Å². The fourth-order valence-electron chi connectivity index (χ4n) is 1.89. The van der Waals surface area contributed by atoms with E-state index < -0.39 is 5.78 Å². The number of carbonyl (C=O) groups excluding carboxylic acids is 1. The van der Waals surface area contributed by atoms with E-state index in [2.05, 4.69) is 0 Å². The molecule has 114 valence electrons. The first-order valence-corrected chi connectivity index (χ1v) is 6.51. The number of benzene rings is 2. The first-order chi connectivity index (χ1) is 10.5. The minimum absolute atomic E-state index is 0.0550. The number of allylic oxidation sites excluding steroid dienone is 1. The number of phenols is 1. The monoisotopic (exact) mass is 300 g/mol. The summed E-state index contributed by atoms with van der Waals surface area (Å²) >= 11 is 0. The second kappa shape index (κ2) is 6.67. The predicted octanol–water partition coefficient (Wildman–Crippen LogP) is 3.19. The molecule has 0 fully saturated rings. The first kappa shape index (κ1) is 15.4. The van der Waals surface area contributed by atoms with Crippen LogP contribution in [0.15, 0.2) is 48.5 Å². The molecule has 0 radical (unpaired) electrons. The summed E-state index contributed by atoms with van der Waals surface area (Å²) in [6, 6.07) is 10.9. The Labute approximate surface area is 128 Å². The van der Waals surface area contributed by atoms with Crippen molar-refractivity contribution in [2.75, 3.05) is 14.2 Å². The number of carbonyl (C=O) groups is 1. The first-order valence-electron chi connectivity index (χ1n) is 6.51. The van der Waals surface area contributed by atoms with E-state index in [9.17, 15) is 15.0 Å². The van der Waals surface area contributed by atoms with Crippen molar-refractivity contribution >= 4 is 11.5 Å². The van der Waals surface area contributed by atoms with Crippen LogP contribution in [-0.2, 0) is 0 Å². The molecule has 0 aliphatic rings. The Bertz CT molecular complexity index is 701. The van der Waals surface area contributed by atoms with Gasteiger partial charge in [-0.25, -0.2) is 0 Å². The smallest absolute Gasteiger partial charge is 0.193 e. The lowest BCUT2D eigenvalue weighted by Crippen LogP contribution is -1.98. The highest BCUT2D eigenvalue weighted by atomic mass is 16.5. The van der Waals surface area contributed by atoms with Crippen LogP contribution in [0.4, 0.5) is 0 Å². The van der Waals surface area contributed by atoms with Gasteiger partial charge in [0.1, 0.15) is 23.0 Å². The van der Waals surface area contributed by atoms with Gasteiger partial charge in [0.25, 0.3) is 0 Å². The summed E-state index contributed by atoms with van der Waals surface area (Å²) in [5, 5.41) is 19.8. The maximum absolute atomic E-state index is 12.2. The third-order valence-corrected chi connectivity index (χ3v) is 3.12. The lowest BCUT2D eigenvalue weighted by atomic mass is 10.1. The predicted molar refractivity (Wildman–Crippen MR) is 82.6 cm³/mol. The van der Waals surface area contributed by atoms with E-state index in [0.717, 1.165) is 6.08 Å². The standard InChI is InChI=1S/C17H16O5/c1-21-12-5-3-11(4-6-12)16(19)10-17(20)14-9-13(22-2)7-8-15(14)18/h3-10,18-19H,1-2H3. The molecule has 0 amide bonds. The summed E-state index contributed by atoms with van der Waals surface area (Å²) in [4.78, 5) is 12.2. The van der Waals surface area contributed by atoms with Gasteiger partial charge in [-0.2, -0.15) is 0 Å². The molecule has 0 aromatic heterocycles. The van der Waals surface area contributed by atoms with E-state index in [-0.39, 0.29) is 17.1 Å². The number of hydrogen-bond acceptors (Lipinski definition) is 5. The largest absolute Gasteiger partial charge is 0.507 e. The normalized spacial score (nSPS) is 11.1. The number of ketones is 1. The SMILES string of the molecule is COc1ccc(C(O)=CC(=O)c2cc(OC)ccc2O)cc1. The van der Waals surface area contributed by atoms with Crippen molar-refractivity contribution in [2.24, 2.45) is 0 Å². The van der Waals surface area contributed by atoms with E-state index >= 15 is 0 Å². The highest BCUT2D eigenvalue weighted by Crippen LogP contribution is 2.25. The highest BCUT2D eigenvalue weighted by Gasteiger charge is 2.12. The van der Waals surface area contributed by atoms with Gasteiger partial charge >= 0.3 is 0 Å². The molecule has 5 nitrogen and oxygen atoms in total. The number of methoxy groups -OCH3 is 2. The zero-order valence-electron chi connectivity index (χ0n) is 12.2. The Morgan fingerprint density at radius 2 is 1.59 bits per heavy atom. The Morgan fingerprint density at radius 1 is 1.00 bits per heavy atom. The second-order valence-electron chi connectivity index (χ2n) is 4.51. The van der Waals surface area contributed by atoms with Gasteiger partial charge in [-0.3, -0.25) is 4.79 Å². The highest BCUT2D eigenvalue weighted by molar-refractivity contribution is 6.09. The average molecular weight is 300 g/mol. The summed E-state index contributed by atoms with van der Waals surface area (Å²) in [5.74, 6) is 0.191. The maximum Gasteiger partial charge on any atom is 0.193 e. The Morgan fingerprint density at radius 3 is 2.18 bits per heavy atom. The molecule has 0 atom stereocenters. The van der Waals surface area contributed by atoms with E-state index in [1.807, 2.05) is 0 Å². The third-order valence-electron chi connectivity index (χ3n) is 3.12. The summed E-state index contributed by atoms with van der Waals surface area (Å²) in [6.45, 7) is 0. The zero-order valence-corrected chi connectivity index (χ0v) is 12.2. The molecule has 0 unspecified atom stereocenters. The van der Waals surface area contributed by atoms with Crippen LogP contribution in [0.25, 0.3) is 5.76 Å². The van der Waals surface area contributed by atoms with E-state index in [1.54, 1.807) is 37.4 Å². The molecular formula is C17H16O5. The van der Waals surface area contributed by atoms with Gasteiger partial charge < -0.3 is 19.7 Å². The summed E-state index contributed by atoms with van der Waals surface area (Å²) in [5.41, 5.74) is 0.524. The molecule has 22 heavy (non-hydrogen) atoms. The van der Waals surface area contributed by atoms with Crippen LogP contribution in [0.1, 0.15) is 15.9 Å². The number of rotatable bonds is 5. The summed E-state index contributed by atoms with van der Waals surface area (Å²) < 4.78 is 10.0. The molecule has 0 aliphatic carbocycles. The molecule has 0 bridgehead atoms. The Kier molecular flexibility index (Phi) is 4.68. The van der Waals surface area contributed by atoms with Gasteiger partial charge in [-0.05, 0) is 42.5 Å². The molecular weight excluding hydrogens is 284 g/mol. The number of aliphatic hydroxyl groups is 1. The number of hydrogen-bond donors (Lipinski definition) is 2. The lowest BCUT2D eigenvalue weighted by molar-refractivity contribution is 0.104. The lowest BCUT2D eigenvalue weighted by Gasteiger charge is -2.06. The molecule has 2 aromatic rings. The van der Waals surface area contributed by atoms with E-state index in [4.69, 9.17) is 9.47 Å². The molecule has 0 spiro atoms. The maximum atomic E-state index is 12.2. The number of ether oxygens (including phenoxy) is 2. The zero-order chi connectivity index (χ0) is 16.1. The van der Waals surface area contributed by atoms with Crippen LogP contribution in [0, 0.1) is 0 Å². The quantitative estimate of drug-likeness (QED) is 0.504. The molecule has 0 saturated heterocycles. The topological polar surface area (TPSA) is 76.0 Å². The molecule has 0 aliphatic heterocycles. The molecule has 2 aromatic carbocycles. The number of phenolic OH excluding ortho intramolecular Hbond substituents is 1. The molecule has 2 rings (SSSR count). The van der Waals surface area contributed by atoms with Crippen molar-refractivity contribution in [3.63, 3.8) is 0 Å². The molecule has 2 N–H and O–H groups in total. The fourth-order valence-corrected chi connectivity index (χ4v) is 1.89. The van der Waals surface area contributed by atoms with Gasteiger partial charge in [-0.15, -0.1) is 0 Å². The fraction of sp³-hybridized carbons (Fsp3) is 0.118. The van der Waals surface area contributed by atoms with Crippen LogP contribution >= 0.6 is 0 Å². The van der Waals surface area contributed by atoms with Crippen molar-refractivity contribution in [2.45, 2.75) is 0 Å². The second-order valence-corrected chi connectivity index (χ2v) is 4.51. The molecule has 0 saturated carbocycles. The average Bonchev–Trinajstić information content (AvgIpc) is 2.55. The summed E-state index contributed by atoms with van der Waals surface area (Å²) in [6.07, 6.45) is 1.05. The Hall–Kier alpha value is -2.95. The van der Waals surface area contributed by atoms with Crippen LogP contribution in [0.2, 0.25) is 0 Å². The van der Waals surface area contributed by atoms with Gasteiger partial charge in [0.15, 0.2) is 5.78 Å². The third kappa shape index (κ3) is 3.38. The van der Waals surface area contributed by atoms with Crippen LogP contribution in [0.5, 0.6) is 17.2 Å². The molecule has 0 heterocycles. The van der Waals surface area contributed by atoms with Gasteiger partial charge in [0, 0.05) is 11.6 Å². The van der Waals surface area contributed by atoms with Crippen molar-refractivity contribution in [3.8, 4) is 17.2 Å². The van der Waals surface area contributed by atoms with Gasteiger partial charge in [-0.1, -0.05) is 0 Å². The van der Waals surface area contributed by atoms with E-state index in [1.165, 1.54) is 19.2 Å². The molecule has 5 heteroatoms. The summed E-state index contributed by atoms with van der Waals surface area (Å²) in [7, 11) is 3.01. The Balaban J connectivity index is 2.28. The van der Waals surface area contributed by atoms with Gasteiger partial charge in [0.05, 0.1) is 19.8 Å². The van der Waals surface area contributed by atoms with Crippen molar-refractivity contribution in [3.05, 3.63) is 59.7 Å². The minimum atomic E-state index is -0.523. The van der Waals surface area contributed by atoms with Gasteiger partial charge in [0.2, 0.25) is 0 Å². The van der Waals surface area contributed by atoms with Crippen LogP contribution in [-0.4, -0.2) is 30.2 Å². The number of aromatic hydroxyl groups is 1. The number of aliphatic hydroxyl groups excluding tert-OH is 1. The van der Waals surface area contributed by atoms with E-state index in [0.29, 0.717) is 17.1 Å². The van der Waals surface area contributed by atoms with Crippen molar-refractivity contribution < 1.29 is 24.5 Å².